The molecule has 0 amide bonds. The van der Waals surface area contributed by atoms with Crippen LogP contribution >= 0.6 is 0 Å². The second-order valence-corrected chi connectivity index (χ2v) is 7.67. The highest BCUT2D eigenvalue weighted by molar-refractivity contribution is 5.86. The van der Waals surface area contributed by atoms with Crippen molar-refractivity contribution < 1.29 is 24.1 Å². The summed E-state index contributed by atoms with van der Waals surface area (Å²) in [7, 11) is 0. The van der Waals surface area contributed by atoms with Crippen LogP contribution in [0.15, 0.2) is 36.4 Å². The minimum absolute atomic E-state index is 0.347. The molecular weight excluding hydrogens is 332 g/mol. The summed E-state index contributed by atoms with van der Waals surface area (Å²) in [6.07, 6.45) is -2.39. The van der Waals surface area contributed by atoms with E-state index in [1.165, 1.54) is 16.3 Å². The second kappa shape index (κ2) is 6.59. The molecule has 2 aliphatic heterocycles. The summed E-state index contributed by atoms with van der Waals surface area (Å²) in [5.74, 6) is -0.712. The van der Waals surface area contributed by atoms with E-state index in [1.807, 2.05) is 26.0 Å². The third-order valence-corrected chi connectivity index (χ3v) is 5.20. The summed E-state index contributed by atoms with van der Waals surface area (Å²) in [6.45, 7) is 7.94. The summed E-state index contributed by atoms with van der Waals surface area (Å²) in [5, 5.41) is 12.5. The molecule has 2 aliphatic rings. The summed E-state index contributed by atoms with van der Waals surface area (Å²) >= 11 is 0. The smallest absolute Gasteiger partial charge is 0.190 e. The third-order valence-electron chi connectivity index (χ3n) is 5.20. The first-order valence-electron chi connectivity index (χ1n) is 9.14. The Morgan fingerprint density at radius 3 is 2.69 bits per heavy atom. The lowest BCUT2D eigenvalue weighted by molar-refractivity contribution is -0.229. The van der Waals surface area contributed by atoms with Crippen LogP contribution in [0.3, 0.4) is 0 Å². The highest BCUT2D eigenvalue weighted by Gasteiger charge is 2.56. The van der Waals surface area contributed by atoms with Crippen molar-refractivity contribution in [3.05, 3.63) is 47.5 Å². The van der Waals surface area contributed by atoms with Crippen molar-refractivity contribution in [1.29, 1.82) is 0 Å². The van der Waals surface area contributed by atoms with Crippen molar-refractivity contribution >= 4 is 10.8 Å². The molecule has 0 radical (unpaired) electrons. The van der Waals surface area contributed by atoms with E-state index in [1.54, 1.807) is 6.92 Å². The number of aliphatic hydroxyl groups excluding tert-OH is 1. The SMILES string of the molecule is Cc1ccc2ccccc2c1CO[C@@H]1[C@H]2OC(C)(C)O[C@H]2O[C@@H]1[C@@H](C)O. The number of fused-ring (bicyclic) bond motifs is 2. The molecule has 26 heavy (non-hydrogen) atoms. The monoisotopic (exact) mass is 358 g/mol. The summed E-state index contributed by atoms with van der Waals surface area (Å²) < 4.78 is 23.9. The average Bonchev–Trinajstić information content (AvgIpc) is 3.06. The molecule has 5 heteroatoms. The van der Waals surface area contributed by atoms with Crippen LogP contribution in [0.2, 0.25) is 0 Å². The molecule has 5 atom stereocenters. The van der Waals surface area contributed by atoms with Gasteiger partial charge in [-0.15, -0.1) is 0 Å². The normalized spacial score (nSPS) is 31.3. The van der Waals surface area contributed by atoms with Crippen molar-refractivity contribution in [2.45, 2.75) is 70.8 Å². The number of benzene rings is 2. The van der Waals surface area contributed by atoms with E-state index < -0.39 is 24.3 Å². The molecule has 0 aliphatic carbocycles. The maximum absolute atomic E-state index is 10.1. The maximum atomic E-state index is 10.1. The highest BCUT2D eigenvalue weighted by atomic mass is 16.8. The van der Waals surface area contributed by atoms with E-state index in [-0.39, 0.29) is 12.2 Å². The molecular formula is C21H26O5. The largest absolute Gasteiger partial charge is 0.391 e. The quantitative estimate of drug-likeness (QED) is 0.909. The fourth-order valence-electron chi connectivity index (χ4n) is 3.90. The van der Waals surface area contributed by atoms with Gasteiger partial charge in [-0.1, -0.05) is 36.4 Å². The van der Waals surface area contributed by atoms with Gasteiger partial charge in [-0.3, -0.25) is 0 Å². The van der Waals surface area contributed by atoms with Crippen LogP contribution in [0.25, 0.3) is 10.8 Å². The molecule has 0 unspecified atom stereocenters. The van der Waals surface area contributed by atoms with Gasteiger partial charge in [-0.25, -0.2) is 0 Å². The van der Waals surface area contributed by atoms with Gasteiger partial charge in [0.25, 0.3) is 0 Å². The predicted octanol–water partition coefficient (Wildman–Crippen LogP) is 3.29. The van der Waals surface area contributed by atoms with Gasteiger partial charge < -0.3 is 24.1 Å². The second-order valence-electron chi connectivity index (χ2n) is 7.67. The van der Waals surface area contributed by atoms with Gasteiger partial charge >= 0.3 is 0 Å². The lowest BCUT2D eigenvalue weighted by Crippen LogP contribution is -2.41. The van der Waals surface area contributed by atoms with Crippen LogP contribution in [-0.4, -0.2) is 41.6 Å². The van der Waals surface area contributed by atoms with Crippen molar-refractivity contribution in [3.8, 4) is 0 Å². The van der Waals surface area contributed by atoms with E-state index in [0.29, 0.717) is 6.61 Å². The first-order valence-corrected chi connectivity index (χ1v) is 9.14. The minimum atomic E-state index is -0.712. The van der Waals surface area contributed by atoms with E-state index in [0.717, 1.165) is 5.56 Å². The molecule has 2 saturated heterocycles. The van der Waals surface area contributed by atoms with Gasteiger partial charge in [0.1, 0.15) is 18.3 Å². The predicted molar refractivity (Wildman–Crippen MR) is 97.6 cm³/mol. The van der Waals surface area contributed by atoms with Gasteiger partial charge in [0.15, 0.2) is 12.1 Å². The zero-order valence-electron chi connectivity index (χ0n) is 15.6. The molecule has 4 rings (SSSR count). The zero-order chi connectivity index (χ0) is 18.5. The summed E-state index contributed by atoms with van der Waals surface area (Å²) in [6, 6.07) is 12.5. The lowest BCUT2D eigenvalue weighted by Gasteiger charge is -2.27. The molecule has 0 saturated carbocycles. The van der Waals surface area contributed by atoms with Crippen molar-refractivity contribution in [2.24, 2.45) is 0 Å². The highest BCUT2D eigenvalue weighted by Crippen LogP contribution is 2.40. The number of rotatable bonds is 4. The Morgan fingerprint density at radius 2 is 1.92 bits per heavy atom. The first kappa shape index (κ1) is 17.9. The Kier molecular flexibility index (Phi) is 4.53. The Bertz CT molecular complexity index is 800. The summed E-state index contributed by atoms with van der Waals surface area (Å²) in [4.78, 5) is 0. The topological polar surface area (TPSA) is 57.2 Å². The molecule has 140 valence electrons. The van der Waals surface area contributed by atoms with Crippen LogP contribution < -0.4 is 0 Å². The molecule has 2 aromatic rings. The van der Waals surface area contributed by atoms with E-state index in [2.05, 4.69) is 31.2 Å². The molecule has 2 aromatic carbocycles. The van der Waals surface area contributed by atoms with Gasteiger partial charge in [0, 0.05) is 0 Å². The third kappa shape index (κ3) is 3.15. The molecule has 1 N–H and O–H groups in total. The van der Waals surface area contributed by atoms with Crippen molar-refractivity contribution in [2.75, 3.05) is 0 Å². The molecule has 2 fully saturated rings. The van der Waals surface area contributed by atoms with Gasteiger partial charge in [0.2, 0.25) is 0 Å². The van der Waals surface area contributed by atoms with Crippen LogP contribution in [0.5, 0.6) is 0 Å². The van der Waals surface area contributed by atoms with Crippen molar-refractivity contribution in [3.63, 3.8) is 0 Å². The Balaban J connectivity index is 1.59. The number of hydrogen-bond donors (Lipinski definition) is 1. The lowest BCUT2D eigenvalue weighted by atomic mass is 10.00. The first-order chi connectivity index (χ1) is 12.4. The van der Waals surface area contributed by atoms with Gasteiger partial charge in [-0.2, -0.15) is 0 Å². The number of aliphatic hydroxyl groups is 1. The fraction of sp³-hybridized carbons (Fsp3) is 0.524. The van der Waals surface area contributed by atoms with E-state index >= 15 is 0 Å². The van der Waals surface area contributed by atoms with E-state index in [9.17, 15) is 5.11 Å². The van der Waals surface area contributed by atoms with Gasteiger partial charge in [-0.05, 0) is 49.6 Å². The maximum Gasteiger partial charge on any atom is 0.190 e. The van der Waals surface area contributed by atoms with Gasteiger partial charge in [0.05, 0.1) is 12.7 Å². The average molecular weight is 358 g/mol. The zero-order valence-corrected chi connectivity index (χ0v) is 15.6. The standard InChI is InChI=1S/C21H26O5/c1-12-9-10-14-7-5-6-8-15(14)16(12)11-23-18-17(13(2)22)24-20-19(18)25-21(3,4)26-20/h5-10,13,17-20,22H,11H2,1-4H3/t13-,17-,18+,19-,20-/m1/s1. The van der Waals surface area contributed by atoms with E-state index in [4.69, 9.17) is 18.9 Å². The Hall–Kier alpha value is -1.50. The molecule has 0 aromatic heterocycles. The van der Waals surface area contributed by atoms with Crippen LogP contribution in [0.4, 0.5) is 0 Å². The molecule has 0 bridgehead atoms. The summed E-state index contributed by atoms with van der Waals surface area (Å²) in [5.41, 5.74) is 2.32. The number of hydrogen-bond acceptors (Lipinski definition) is 5. The fourth-order valence-corrected chi connectivity index (χ4v) is 3.90. The molecule has 2 heterocycles. The number of aryl methyl sites for hydroxylation is 1. The Labute approximate surface area is 153 Å². The number of ether oxygens (including phenoxy) is 4. The minimum Gasteiger partial charge on any atom is -0.391 e. The van der Waals surface area contributed by atoms with Crippen LogP contribution in [-0.2, 0) is 25.6 Å². The van der Waals surface area contributed by atoms with Crippen LogP contribution in [0, 0.1) is 6.92 Å². The van der Waals surface area contributed by atoms with Crippen molar-refractivity contribution in [1.82, 2.24) is 0 Å². The molecule has 0 spiro atoms. The Morgan fingerprint density at radius 1 is 1.15 bits per heavy atom. The molecule has 5 nitrogen and oxygen atoms in total. The van der Waals surface area contributed by atoms with Crippen LogP contribution in [0.1, 0.15) is 31.9 Å².